The lowest BCUT2D eigenvalue weighted by molar-refractivity contribution is -0.140. The van der Waals surface area contributed by atoms with E-state index in [1.165, 1.54) is 4.90 Å². The molecular weight excluding hydrogens is 440 g/mol. The number of likely N-dealkylation sites (tertiary alicyclic amines) is 1. The highest BCUT2D eigenvalue weighted by Gasteiger charge is 2.46. The maximum absolute atomic E-state index is 13.2. The lowest BCUT2D eigenvalue weighted by atomic mass is 9.91. The van der Waals surface area contributed by atoms with E-state index in [4.69, 9.17) is 16.3 Å². The number of halogens is 1. The van der Waals surface area contributed by atoms with Crippen LogP contribution in [0.15, 0.2) is 42.0 Å². The normalized spacial score (nSPS) is 18.0. The van der Waals surface area contributed by atoms with Crippen LogP contribution in [-0.4, -0.2) is 60.9 Å². The topological polar surface area (TPSA) is 70.1 Å². The van der Waals surface area contributed by atoms with Gasteiger partial charge in [-0.15, -0.1) is 0 Å². The summed E-state index contributed by atoms with van der Waals surface area (Å²) in [7, 11) is 5.42. The Balaban J connectivity index is 2.23. The molecule has 176 valence electrons. The monoisotopic (exact) mass is 470 g/mol. The minimum atomic E-state index is -0.703. The van der Waals surface area contributed by atoms with Crippen molar-refractivity contribution in [2.75, 3.05) is 34.3 Å². The van der Waals surface area contributed by atoms with Crippen LogP contribution >= 0.6 is 11.6 Å². The third-order valence-electron chi connectivity index (χ3n) is 5.97. The maximum atomic E-state index is 13.2. The highest BCUT2D eigenvalue weighted by atomic mass is 35.5. The summed E-state index contributed by atoms with van der Waals surface area (Å²) in [6.45, 7) is 6.84. The zero-order valence-electron chi connectivity index (χ0n) is 20.0. The predicted molar refractivity (Wildman–Crippen MR) is 131 cm³/mol. The van der Waals surface area contributed by atoms with Crippen LogP contribution in [0.3, 0.4) is 0 Å². The molecule has 1 atom stereocenters. The number of aliphatic hydroxyl groups excluding tert-OH is 1. The van der Waals surface area contributed by atoms with Crippen molar-refractivity contribution in [1.29, 1.82) is 0 Å². The molecule has 0 aromatic heterocycles. The Hall–Kier alpha value is -2.83. The Morgan fingerprint density at radius 2 is 1.82 bits per heavy atom. The van der Waals surface area contributed by atoms with Gasteiger partial charge in [0.15, 0.2) is 0 Å². The number of rotatable bonds is 7. The number of nitrogens with zero attached hydrogens (tertiary/aromatic N) is 2. The summed E-state index contributed by atoms with van der Waals surface area (Å²) in [6.07, 6.45) is 0. The molecule has 33 heavy (non-hydrogen) atoms. The standard InChI is InChI=1S/C26H31ClN2O4/c1-15(2)19-14-20(16(3)13-21(19)33-6)24(30)22-23(17-7-9-18(27)10-8-17)29(12-11-28(4)5)26(32)25(22)31/h7-10,13-15,23,30H,11-12H2,1-6H3/b24-22+. The summed E-state index contributed by atoms with van der Waals surface area (Å²) < 4.78 is 5.51. The number of methoxy groups -OCH3 is 1. The minimum absolute atomic E-state index is 0.0871. The fourth-order valence-electron chi connectivity index (χ4n) is 4.14. The van der Waals surface area contributed by atoms with Gasteiger partial charge in [0.25, 0.3) is 11.7 Å². The number of Topliss-reactive ketones (excluding diaryl/α,β-unsaturated/α-hetero) is 1. The first-order valence-electron chi connectivity index (χ1n) is 10.9. The van der Waals surface area contributed by atoms with Crippen molar-refractivity contribution in [3.63, 3.8) is 0 Å². The number of carbonyl (C=O) groups excluding carboxylic acids is 2. The first-order chi connectivity index (χ1) is 15.6. The number of ether oxygens (including phenoxy) is 1. The van der Waals surface area contributed by atoms with Crippen molar-refractivity contribution in [3.8, 4) is 5.75 Å². The molecule has 0 bridgehead atoms. The quantitative estimate of drug-likeness (QED) is 0.359. The average molecular weight is 471 g/mol. The van der Waals surface area contributed by atoms with Gasteiger partial charge in [0.1, 0.15) is 11.5 Å². The number of aliphatic hydroxyl groups is 1. The Bertz CT molecular complexity index is 1090. The molecular formula is C26H31ClN2O4. The molecule has 1 fully saturated rings. The van der Waals surface area contributed by atoms with E-state index < -0.39 is 17.7 Å². The molecule has 3 rings (SSSR count). The number of amides is 1. The Labute approximate surface area is 200 Å². The number of carbonyl (C=O) groups is 2. The first kappa shape index (κ1) is 24.8. The SMILES string of the molecule is COc1cc(C)c(/C(O)=C2\C(=O)C(=O)N(CCN(C)C)C2c2ccc(Cl)cc2)cc1C(C)C. The van der Waals surface area contributed by atoms with E-state index in [2.05, 4.69) is 0 Å². The number of likely N-dealkylation sites (N-methyl/N-ethyl adjacent to an activating group) is 1. The molecule has 1 saturated heterocycles. The smallest absolute Gasteiger partial charge is 0.295 e. The summed E-state index contributed by atoms with van der Waals surface area (Å²) in [4.78, 5) is 29.7. The lowest BCUT2D eigenvalue weighted by Crippen LogP contribution is -2.35. The van der Waals surface area contributed by atoms with E-state index in [-0.39, 0.29) is 17.3 Å². The van der Waals surface area contributed by atoms with Crippen LogP contribution in [0.4, 0.5) is 0 Å². The van der Waals surface area contributed by atoms with Crippen LogP contribution in [0.2, 0.25) is 5.02 Å². The third-order valence-corrected chi connectivity index (χ3v) is 6.22. The van der Waals surface area contributed by atoms with Crippen molar-refractivity contribution in [2.24, 2.45) is 0 Å². The van der Waals surface area contributed by atoms with Gasteiger partial charge < -0.3 is 19.6 Å². The maximum Gasteiger partial charge on any atom is 0.295 e. The number of hydrogen-bond acceptors (Lipinski definition) is 5. The van der Waals surface area contributed by atoms with E-state index in [1.807, 2.05) is 51.9 Å². The van der Waals surface area contributed by atoms with Crippen LogP contribution < -0.4 is 4.74 Å². The van der Waals surface area contributed by atoms with Gasteiger partial charge in [-0.3, -0.25) is 9.59 Å². The largest absolute Gasteiger partial charge is 0.507 e. The number of ketones is 1. The van der Waals surface area contributed by atoms with Crippen LogP contribution in [0.1, 0.15) is 48.1 Å². The zero-order chi connectivity index (χ0) is 24.4. The number of hydrogen-bond donors (Lipinski definition) is 1. The zero-order valence-corrected chi connectivity index (χ0v) is 20.7. The highest BCUT2D eigenvalue weighted by Crippen LogP contribution is 2.41. The van der Waals surface area contributed by atoms with E-state index in [1.54, 1.807) is 31.4 Å². The van der Waals surface area contributed by atoms with E-state index >= 15 is 0 Å². The van der Waals surface area contributed by atoms with Gasteiger partial charge in [0.2, 0.25) is 0 Å². The second-order valence-corrected chi connectivity index (χ2v) is 9.35. The molecule has 6 nitrogen and oxygen atoms in total. The molecule has 0 spiro atoms. The molecule has 0 aliphatic carbocycles. The van der Waals surface area contributed by atoms with E-state index in [0.29, 0.717) is 29.2 Å². The fourth-order valence-corrected chi connectivity index (χ4v) is 4.26. The Morgan fingerprint density at radius 1 is 1.18 bits per heavy atom. The van der Waals surface area contributed by atoms with E-state index in [9.17, 15) is 14.7 Å². The Morgan fingerprint density at radius 3 is 2.36 bits per heavy atom. The van der Waals surface area contributed by atoms with Crippen molar-refractivity contribution >= 4 is 29.1 Å². The van der Waals surface area contributed by atoms with Gasteiger partial charge in [-0.05, 0) is 67.9 Å². The molecule has 2 aromatic rings. The van der Waals surface area contributed by atoms with Crippen molar-refractivity contribution in [2.45, 2.75) is 32.7 Å². The summed E-state index contributed by atoms with van der Waals surface area (Å²) in [5.74, 6) is -0.620. The van der Waals surface area contributed by atoms with Gasteiger partial charge in [-0.1, -0.05) is 37.6 Å². The first-order valence-corrected chi connectivity index (χ1v) is 11.3. The lowest BCUT2D eigenvalue weighted by Gasteiger charge is -2.27. The van der Waals surface area contributed by atoms with Crippen molar-refractivity contribution in [3.05, 3.63) is 69.2 Å². The van der Waals surface area contributed by atoms with Crippen molar-refractivity contribution < 1.29 is 19.4 Å². The van der Waals surface area contributed by atoms with Gasteiger partial charge in [-0.25, -0.2) is 0 Å². The Kier molecular flexibility index (Phi) is 7.50. The fraction of sp³-hybridized carbons (Fsp3) is 0.385. The average Bonchev–Trinajstić information content (AvgIpc) is 3.02. The molecule has 0 radical (unpaired) electrons. The number of aryl methyl sites for hydroxylation is 1. The summed E-state index contributed by atoms with van der Waals surface area (Å²) in [5, 5.41) is 12.0. The predicted octanol–water partition coefficient (Wildman–Crippen LogP) is 4.76. The minimum Gasteiger partial charge on any atom is -0.507 e. The van der Waals surface area contributed by atoms with Crippen LogP contribution in [0.5, 0.6) is 5.75 Å². The molecule has 7 heteroatoms. The molecule has 1 N–H and O–H groups in total. The molecule has 1 heterocycles. The van der Waals surface area contributed by atoms with Gasteiger partial charge in [-0.2, -0.15) is 0 Å². The van der Waals surface area contributed by atoms with Crippen LogP contribution in [0, 0.1) is 6.92 Å². The van der Waals surface area contributed by atoms with Crippen molar-refractivity contribution in [1.82, 2.24) is 9.80 Å². The molecule has 1 aliphatic rings. The number of benzene rings is 2. The highest BCUT2D eigenvalue weighted by molar-refractivity contribution is 6.46. The molecule has 1 unspecified atom stereocenters. The van der Waals surface area contributed by atoms with Gasteiger partial charge in [0, 0.05) is 23.7 Å². The molecule has 1 aliphatic heterocycles. The summed E-state index contributed by atoms with van der Waals surface area (Å²) in [6, 6.07) is 10.0. The van der Waals surface area contributed by atoms with Gasteiger partial charge in [0.05, 0.1) is 18.7 Å². The summed E-state index contributed by atoms with van der Waals surface area (Å²) >= 11 is 6.08. The molecule has 1 amide bonds. The third kappa shape index (κ3) is 4.92. The molecule has 2 aromatic carbocycles. The second kappa shape index (κ2) is 9.98. The van der Waals surface area contributed by atoms with Gasteiger partial charge >= 0.3 is 0 Å². The second-order valence-electron chi connectivity index (χ2n) is 8.91. The van der Waals surface area contributed by atoms with Crippen LogP contribution in [-0.2, 0) is 9.59 Å². The van der Waals surface area contributed by atoms with E-state index in [0.717, 1.165) is 16.9 Å². The van der Waals surface area contributed by atoms with Crippen LogP contribution in [0.25, 0.3) is 5.76 Å². The molecule has 0 saturated carbocycles. The summed E-state index contributed by atoms with van der Waals surface area (Å²) in [5.41, 5.74) is 2.99.